The molecule has 4 nitrogen and oxygen atoms in total. The van der Waals surface area contributed by atoms with Crippen molar-refractivity contribution in [2.24, 2.45) is 0 Å². The quantitative estimate of drug-likeness (QED) is 0.865. The summed E-state index contributed by atoms with van der Waals surface area (Å²) in [5, 5.41) is 12.8. The Morgan fingerprint density at radius 3 is 2.75 bits per heavy atom. The molecule has 0 saturated carbocycles. The van der Waals surface area contributed by atoms with Crippen molar-refractivity contribution < 1.29 is 9.84 Å². The molecular weight excluding hydrogens is 224 g/mol. The first-order chi connectivity index (χ1) is 7.55. The van der Waals surface area contributed by atoms with Crippen molar-refractivity contribution in [3.05, 3.63) is 16.1 Å². The Hall–Kier alpha value is -0.490. The standard InChI is InChI=1S/C11H18N2O2S/c1-11(2,14)9-8-16-10(12-9)7-13-3-5-15-6-4-13/h8,14H,3-7H2,1-2H3. The molecule has 0 aromatic carbocycles. The summed E-state index contributed by atoms with van der Waals surface area (Å²) in [6, 6.07) is 0. The molecule has 0 spiro atoms. The summed E-state index contributed by atoms with van der Waals surface area (Å²) in [5.41, 5.74) is -0.0690. The Labute approximate surface area is 99.9 Å². The lowest BCUT2D eigenvalue weighted by Gasteiger charge is -2.25. The van der Waals surface area contributed by atoms with Crippen molar-refractivity contribution in [1.82, 2.24) is 9.88 Å². The lowest BCUT2D eigenvalue weighted by Crippen LogP contribution is -2.35. The molecule has 0 aliphatic carbocycles. The van der Waals surface area contributed by atoms with Gasteiger partial charge in [-0.25, -0.2) is 4.98 Å². The van der Waals surface area contributed by atoms with E-state index in [1.54, 1.807) is 25.2 Å². The Balaban J connectivity index is 1.97. The van der Waals surface area contributed by atoms with E-state index in [9.17, 15) is 5.11 Å². The monoisotopic (exact) mass is 242 g/mol. The highest BCUT2D eigenvalue weighted by Gasteiger charge is 2.20. The van der Waals surface area contributed by atoms with E-state index < -0.39 is 5.60 Å². The van der Waals surface area contributed by atoms with Crippen LogP contribution in [0.15, 0.2) is 5.38 Å². The second kappa shape index (κ2) is 4.79. The highest BCUT2D eigenvalue weighted by molar-refractivity contribution is 7.09. The van der Waals surface area contributed by atoms with Gasteiger partial charge in [0.15, 0.2) is 0 Å². The van der Waals surface area contributed by atoms with Crippen LogP contribution in [0.25, 0.3) is 0 Å². The zero-order chi connectivity index (χ0) is 11.6. The van der Waals surface area contributed by atoms with Crippen molar-refractivity contribution in [3.63, 3.8) is 0 Å². The van der Waals surface area contributed by atoms with Crippen LogP contribution in [0.1, 0.15) is 24.5 Å². The number of aliphatic hydroxyl groups is 1. The van der Waals surface area contributed by atoms with Crippen molar-refractivity contribution >= 4 is 11.3 Å². The number of hydrogen-bond donors (Lipinski definition) is 1. The van der Waals surface area contributed by atoms with Gasteiger partial charge in [0.05, 0.1) is 25.5 Å². The fourth-order valence-corrected chi connectivity index (χ4v) is 2.61. The van der Waals surface area contributed by atoms with Gasteiger partial charge >= 0.3 is 0 Å². The van der Waals surface area contributed by atoms with E-state index in [0.717, 1.165) is 43.5 Å². The van der Waals surface area contributed by atoms with E-state index in [4.69, 9.17) is 4.74 Å². The second-order valence-corrected chi connectivity index (χ2v) is 5.52. The van der Waals surface area contributed by atoms with Crippen LogP contribution in [-0.4, -0.2) is 41.3 Å². The maximum Gasteiger partial charge on any atom is 0.107 e. The molecule has 1 aliphatic heterocycles. The minimum Gasteiger partial charge on any atom is -0.384 e. The highest BCUT2D eigenvalue weighted by Crippen LogP contribution is 2.22. The van der Waals surface area contributed by atoms with Crippen LogP contribution in [0.4, 0.5) is 0 Å². The van der Waals surface area contributed by atoms with Crippen LogP contribution in [0, 0.1) is 0 Å². The van der Waals surface area contributed by atoms with Gasteiger partial charge in [0.1, 0.15) is 10.6 Å². The smallest absolute Gasteiger partial charge is 0.107 e. The largest absolute Gasteiger partial charge is 0.384 e. The van der Waals surface area contributed by atoms with E-state index in [1.807, 2.05) is 5.38 Å². The second-order valence-electron chi connectivity index (χ2n) is 4.57. The summed E-state index contributed by atoms with van der Waals surface area (Å²) in [6.07, 6.45) is 0. The first kappa shape index (κ1) is 12.0. The molecule has 0 unspecified atom stereocenters. The summed E-state index contributed by atoms with van der Waals surface area (Å²) < 4.78 is 5.30. The van der Waals surface area contributed by atoms with Crippen LogP contribution < -0.4 is 0 Å². The molecule has 5 heteroatoms. The van der Waals surface area contributed by atoms with E-state index >= 15 is 0 Å². The fourth-order valence-electron chi connectivity index (χ4n) is 1.62. The molecule has 0 atom stereocenters. The molecule has 16 heavy (non-hydrogen) atoms. The Morgan fingerprint density at radius 2 is 2.19 bits per heavy atom. The predicted molar refractivity (Wildman–Crippen MR) is 63.5 cm³/mol. The summed E-state index contributed by atoms with van der Waals surface area (Å²) in [7, 11) is 0. The first-order valence-electron chi connectivity index (χ1n) is 5.53. The number of morpholine rings is 1. The van der Waals surface area contributed by atoms with Gasteiger partial charge in [-0.3, -0.25) is 4.90 Å². The normalized spacial score (nSPS) is 18.9. The first-order valence-corrected chi connectivity index (χ1v) is 6.41. The third-order valence-corrected chi connectivity index (χ3v) is 3.47. The molecule has 1 fully saturated rings. The van der Waals surface area contributed by atoms with Crippen molar-refractivity contribution in [2.45, 2.75) is 26.0 Å². The molecule has 2 rings (SSSR count). The molecule has 0 bridgehead atoms. The van der Waals surface area contributed by atoms with Crippen molar-refractivity contribution in [3.8, 4) is 0 Å². The van der Waals surface area contributed by atoms with Crippen LogP contribution in [0.3, 0.4) is 0 Å². The lowest BCUT2D eigenvalue weighted by atomic mass is 10.1. The molecule has 2 heterocycles. The summed E-state index contributed by atoms with van der Waals surface area (Å²) in [4.78, 5) is 6.79. The zero-order valence-electron chi connectivity index (χ0n) is 9.77. The molecule has 1 saturated heterocycles. The molecule has 0 radical (unpaired) electrons. The SMILES string of the molecule is CC(C)(O)c1csc(CN2CCOCC2)n1. The number of rotatable bonds is 3. The number of hydrogen-bond acceptors (Lipinski definition) is 5. The Bertz CT molecular complexity index is 340. The van der Waals surface area contributed by atoms with Gasteiger partial charge in [0.25, 0.3) is 0 Å². The van der Waals surface area contributed by atoms with Crippen LogP contribution >= 0.6 is 11.3 Å². The lowest BCUT2D eigenvalue weighted by molar-refractivity contribution is 0.0338. The molecule has 1 aliphatic rings. The van der Waals surface area contributed by atoms with Gasteiger partial charge < -0.3 is 9.84 Å². The number of thiazole rings is 1. The molecule has 0 amide bonds. The summed E-state index contributed by atoms with van der Waals surface area (Å²) >= 11 is 1.62. The molecular formula is C11H18N2O2S. The highest BCUT2D eigenvalue weighted by atomic mass is 32.1. The van der Waals surface area contributed by atoms with E-state index in [-0.39, 0.29) is 0 Å². The third-order valence-electron chi connectivity index (χ3n) is 2.64. The maximum absolute atomic E-state index is 9.82. The maximum atomic E-state index is 9.82. The Morgan fingerprint density at radius 1 is 1.50 bits per heavy atom. The fraction of sp³-hybridized carbons (Fsp3) is 0.727. The number of ether oxygens (including phenoxy) is 1. The summed E-state index contributed by atoms with van der Waals surface area (Å²) in [6.45, 7) is 7.95. The van der Waals surface area contributed by atoms with Gasteiger partial charge in [-0.2, -0.15) is 0 Å². The minimum atomic E-state index is -0.834. The Kier molecular flexibility index (Phi) is 3.59. The zero-order valence-corrected chi connectivity index (χ0v) is 10.6. The molecule has 1 aromatic rings. The third kappa shape index (κ3) is 3.01. The molecule has 1 N–H and O–H groups in total. The molecule has 90 valence electrons. The average molecular weight is 242 g/mol. The van der Waals surface area contributed by atoms with Crippen LogP contribution in [0.5, 0.6) is 0 Å². The van der Waals surface area contributed by atoms with E-state index in [0.29, 0.717) is 0 Å². The summed E-state index contributed by atoms with van der Waals surface area (Å²) in [5.74, 6) is 0. The molecule has 1 aromatic heterocycles. The van der Waals surface area contributed by atoms with Gasteiger partial charge in [-0.05, 0) is 13.8 Å². The van der Waals surface area contributed by atoms with Gasteiger partial charge in [0.2, 0.25) is 0 Å². The van der Waals surface area contributed by atoms with Crippen molar-refractivity contribution in [1.29, 1.82) is 0 Å². The van der Waals surface area contributed by atoms with Crippen LogP contribution in [0.2, 0.25) is 0 Å². The van der Waals surface area contributed by atoms with E-state index in [1.165, 1.54) is 0 Å². The number of aromatic nitrogens is 1. The minimum absolute atomic E-state index is 0.765. The van der Waals surface area contributed by atoms with Crippen LogP contribution in [-0.2, 0) is 16.9 Å². The van der Waals surface area contributed by atoms with Gasteiger partial charge in [-0.1, -0.05) is 0 Å². The average Bonchev–Trinajstić information content (AvgIpc) is 2.67. The van der Waals surface area contributed by atoms with E-state index in [2.05, 4.69) is 9.88 Å². The van der Waals surface area contributed by atoms with Crippen molar-refractivity contribution in [2.75, 3.05) is 26.3 Å². The van der Waals surface area contributed by atoms with Gasteiger partial charge in [-0.15, -0.1) is 11.3 Å². The predicted octanol–water partition coefficient (Wildman–Crippen LogP) is 1.20. The number of nitrogens with zero attached hydrogens (tertiary/aromatic N) is 2. The van der Waals surface area contributed by atoms with Gasteiger partial charge in [0, 0.05) is 18.5 Å². The topological polar surface area (TPSA) is 45.6 Å².